The number of carbonyl (C=O) groups excluding carboxylic acids is 4. The fourth-order valence-corrected chi connectivity index (χ4v) is 12.3. The molecule has 0 spiro atoms. The van der Waals surface area contributed by atoms with E-state index in [9.17, 15) is 48.6 Å². The lowest BCUT2D eigenvalue weighted by Gasteiger charge is -2.34. The summed E-state index contributed by atoms with van der Waals surface area (Å²) in [5.41, 5.74) is -6.60. The van der Waals surface area contributed by atoms with E-state index >= 15 is 0 Å². The number of rotatable bonds is 22. The number of nitrogens with one attached hydrogen (secondary N) is 4. The van der Waals surface area contributed by atoms with E-state index in [0.29, 0.717) is 11.5 Å². The van der Waals surface area contributed by atoms with Gasteiger partial charge in [0, 0.05) is 37.4 Å². The average Bonchev–Trinajstić information content (AvgIpc) is 3.77. The zero-order valence-electron chi connectivity index (χ0n) is 42.4. The van der Waals surface area contributed by atoms with Crippen LogP contribution in [0.3, 0.4) is 0 Å². The molecule has 2 aliphatic rings. The molecule has 4 heterocycles. The topological polar surface area (TPSA) is 335 Å². The van der Waals surface area contributed by atoms with E-state index in [1.165, 1.54) is 48.1 Å². The molecule has 76 heavy (non-hydrogen) atoms. The normalized spacial score (nSPS) is 25.2. The van der Waals surface area contributed by atoms with Crippen LogP contribution < -0.4 is 41.7 Å². The number of nitrogens with zero attached hydrogens (tertiary/aromatic N) is 2. The van der Waals surface area contributed by atoms with Crippen LogP contribution in [0.2, 0.25) is 0 Å². The number of methoxy groups -OCH3 is 2. The number of para-hydroxylation sites is 2. The molecule has 0 saturated carbocycles. The van der Waals surface area contributed by atoms with Gasteiger partial charge in [-0.1, -0.05) is 50.2 Å². The fourth-order valence-electron chi connectivity index (χ4n) is 7.49. The minimum absolute atomic E-state index is 0.0154. The van der Waals surface area contributed by atoms with Crippen molar-refractivity contribution in [2.75, 3.05) is 27.4 Å². The van der Waals surface area contributed by atoms with Crippen molar-refractivity contribution in [3.63, 3.8) is 0 Å². The first-order valence-electron chi connectivity index (χ1n) is 23.3. The summed E-state index contributed by atoms with van der Waals surface area (Å²) in [6.07, 6.45) is -5.46. The monoisotopic (exact) mass is 1140 g/mol. The number of hydrogen-bond donors (Lipinski definition) is 6. The van der Waals surface area contributed by atoms with Gasteiger partial charge in [0.2, 0.25) is 0 Å². The molecule has 2 aliphatic heterocycles. The number of esters is 4. The summed E-state index contributed by atoms with van der Waals surface area (Å²) in [4.78, 5) is 101. The van der Waals surface area contributed by atoms with Crippen molar-refractivity contribution in [2.24, 2.45) is 0 Å². The van der Waals surface area contributed by atoms with Gasteiger partial charge in [0.15, 0.2) is 24.2 Å². The number of benzene rings is 2. The predicted molar refractivity (Wildman–Crippen MR) is 276 cm³/mol. The summed E-state index contributed by atoms with van der Waals surface area (Å²) in [7, 11) is 2.45. The van der Waals surface area contributed by atoms with Gasteiger partial charge >= 0.3 is 48.5 Å². The lowest BCUT2D eigenvalue weighted by atomic mass is 9.95. The summed E-state index contributed by atoms with van der Waals surface area (Å²) >= 11 is 11.3. The Labute approximate surface area is 444 Å². The first kappa shape index (κ1) is 61.1. The van der Waals surface area contributed by atoms with Crippen molar-refractivity contribution >= 4 is 60.8 Å². The lowest BCUT2D eigenvalue weighted by molar-refractivity contribution is -0.187. The minimum Gasteiger partial charge on any atom is -0.468 e. The number of aliphatic hydroxyl groups excluding tert-OH is 1. The Hall–Kier alpha value is -5.74. The molecule has 2 saturated heterocycles. The SMILES string of the molecule is CCC(=O)O[C@@H]1[C@@H](COP(=S)(N[C@@H](C)C(=O)OC)Oc2ccccc2)O[C@@H](n2ccc(=O)[nH]c2=O)[C@]1(C)OC(=O)CC.COC(=O)[C@H](C)NP(=S)(OC[C@H]1O[C@@H](n2ccc(=O)[nH]c2=O)[C@](C)(O)[C@@H]1O)Oc1ccccc1. The number of carbonyl (C=O) groups is 4. The molecule has 0 amide bonds. The number of aromatic amines is 2. The van der Waals surface area contributed by atoms with Crippen LogP contribution in [0.5, 0.6) is 11.5 Å². The van der Waals surface area contributed by atoms with Gasteiger partial charge < -0.3 is 56.7 Å². The Morgan fingerprint density at radius 1 is 0.697 bits per heavy atom. The van der Waals surface area contributed by atoms with Crippen LogP contribution in [0.15, 0.2) is 104 Å². The predicted octanol–water partition coefficient (Wildman–Crippen LogP) is 1.96. The molecule has 12 atom stereocenters. The van der Waals surface area contributed by atoms with Crippen LogP contribution >= 0.6 is 13.3 Å². The lowest BCUT2D eigenvalue weighted by Crippen LogP contribution is -2.52. The standard InChI is InChI=1S/C26H34N3O11PS.C20H26N3O9PS/c1-6-20(31)38-22-18(15-36-41(42,28-16(3)23(33)35-5)40-17-11-9-8-10-12-17)37-24(26(22,4)39-21(32)7-2)29-14-13-19(30)27-25(29)34;1-12(17(26)29-3)22-33(34,32-13-7-5-4-6-8-13)30-11-14-16(25)20(2,28)18(31-14)23-10-9-15(24)21-19(23)27/h8-14,16,18,22,24H,6-7,15H2,1-5H3,(H,28,42)(H,27,30,34);4-10,12,14,16,18,25,28H,11H2,1-3H3,(H,22,34)(H,21,24,27)/t16-,18+,22+,24+,26+,41?;12-,14+,16+,18+,20+,33?/m00/s1. The van der Waals surface area contributed by atoms with Crippen molar-refractivity contribution in [3.8, 4) is 11.5 Å². The van der Waals surface area contributed by atoms with Crippen molar-refractivity contribution in [1.29, 1.82) is 0 Å². The maximum atomic E-state index is 12.8. The van der Waals surface area contributed by atoms with E-state index in [4.69, 9.17) is 70.1 Å². The second kappa shape index (κ2) is 26.5. The highest BCUT2D eigenvalue weighted by atomic mass is 32.5. The molecule has 26 nitrogen and oxygen atoms in total. The van der Waals surface area contributed by atoms with Gasteiger partial charge in [0.25, 0.3) is 11.1 Å². The van der Waals surface area contributed by atoms with Gasteiger partial charge in [0.1, 0.15) is 47.5 Å². The highest BCUT2D eigenvalue weighted by molar-refractivity contribution is 8.09. The third kappa shape index (κ3) is 15.5. The highest BCUT2D eigenvalue weighted by Gasteiger charge is 2.60. The molecule has 2 unspecified atom stereocenters. The molecular formula is C46H60N6O20P2S2. The van der Waals surface area contributed by atoms with Crippen LogP contribution in [0.1, 0.15) is 66.8 Å². The molecule has 0 radical (unpaired) electrons. The second-order valence-electron chi connectivity index (χ2n) is 17.2. The Bertz CT molecular complexity index is 3000. The first-order valence-corrected chi connectivity index (χ1v) is 28.5. The number of H-pyrrole nitrogens is 2. The van der Waals surface area contributed by atoms with E-state index in [2.05, 4.69) is 20.1 Å². The van der Waals surface area contributed by atoms with Crippen molar-refractivity contribution < 1.29 is 75.9 Å². The Balaban J connectivity index is 0.000000287. The summed E-state index contributed by atoms with van der Waals surface area (Å²) < 4.78 is 58.6. The van der Waals surface area contributed by atoms with E-state index in [0.717, 1.165) is 27.5 Å². The molecule has 0 bridgehead atoms. The van der Waals surface area contributed by atoms with E-state index < -0.39 is 120 Å². The zero-order chi connectivity index (χ0) is 56.2. The highest BCUT2D eigenvalue weighted by Crippen LogP contribution is 2.50. The average molecular weight is 1140 g/mol. The maximum absolute atomic E-state index is 12.8. The summed E-state index contributed by atoms with van der Waals surface area (Å²) in [6.45, 7) is 1.26. The Kier molecular flexibility index (Phi) is 21.3. The van der Waals surface area contributed by atoms with E-state index in [1.807, 2.05) is 0 Å². The molecule has 416 valence electrons. The summed E-state index contributed by atoms with van der Waals surface area (Å²) in [6, 6.07) is 17.4. The third-order valence-corrected chi connectivity index (χ3v) is 16.4. The maximum Gasteiger partial charge on any atom is 0.330 e. The molecule has 2 fully saturated rings. The van der Waals surface area contributed by atoms with E-state index in [1.54, 1.807) is 74.5 Å². The van der Waals surface area contributed by atoms with Gasteiger partial charge in [-0.25, -0.2) is 19.8 Å². The molecular weight excluding hydrogens is 1080 g/mol. The van der Waals surface area contributed by atoms with Crippen molar-refractivity contribution in [2.45, 2.75) is 115 Å². The molecule has 4 aromatic rings. The number of ether oxygens (including phenoxy) is 6. The van der Waals surface area contributed by atoms with Crippen LogP contribution in [-0.4, -0.2) is 128 Å². The van der Waals surface area contributed by atoms with Gasteiger partial charge in [-0.2, -0.15) is 0 Å². The Morgan fingerprint density at radius 2 is 1.12 bits per heavy atom. The molecule has 6 N–H and O–H groups in total. The minimum atomic E-state index is -3.53. The second-order valence-corrected chi connectivity index (χ2v) is 23.4. The van der Waals surface area contributed by atoms with Crippen molar-refractivity contribution in [1.82, 2.24) is 29.3 Å². The van der Waals surface area contributed by atoms with Gasteiger partial charge in [-0.3, -0.25) is 47.9 Å². The van der Waals surface area contributed by atoms with Crippen LogP contribution in [0.25, 0.3) is 0 Å². The number of aliphatic hydroxyl groups is 2. The third-order valence-electron chi connectivity index (χ3n) is 11.4. The number of hydrogen-bond acceptors (Lipinski definition) is 22. The number of aromatic nitrogens is 4. The molecule has 30 heteroatoms. The largest absolute Gasteiger partial charge is 0.468 e. The van der Waals surface area contributed by atoms with Gasteiger partial charge in [0.05, 0.1) is 27.4 Å². The molecule has 2 aromatic carbocycles. The smallest absolute Gasteiger partial charge is 0.330 e. The van der Waals surface area contributed by atoms with Gasteiger partial charge in [-0.05, 0) is 75.6 Å². The quantitative estimate of drug-likeness (QED) is 0.0372. The molecule has 2 aromatic heterocycles. The zero-order valence-corrected chi connectivity index (χ0v) is 45.8. The van der Waals surface area contributed by atoms with E-state index in [-0.39, 0.29) is 26.1 Å². The molecule has 0 aliphatic carbocycles. The summed E-state index contributed by atoms with van der Waals surface area (Å²) in [5.74, 6) is -1.77. The molecule has 6 rings (SSSR count). The first-order chi connectivity index (χ1) is 35.8. The summed E-state index contributed by atoms with van der Waals surface area (Å²) in [5, 5.41) is 27.2. The van der Waals surface area contributed by atoms with Crippen LogP contribution in [-0.2, 0) is 80.3 Å². The van der Waals surface area contributed by atoms with Gasteiger partial charge in [-0.15, -0.1) is 0 Å². The fraction of sp³-hybridized carbons (Fsp3) is 0.478. The van der Waals surface area contributed by atoms with Crippen molar-refractivity contribution in [3.05, 3.63) is 127 Å². The van der Waals surface area contributed by atoms with Crippen LogP contribution in [0.4, 0.5) is 0 Å². The Morgan fingerprint density at radius 3 is 1.54 bits per heavy atom. The van der Waals surface area contributed by atoms with Crippen LogP contribution in [0, 0.1) is 0 Å².